The third-order valence-corrected chi connectivity index (χ3v) is 3.52. The lowest BCUT2D eigenvalue weighted by molar-refractivity contribution is 0.470. The van der Waals surface area contributed by atoms with Gasteiger partial charge in [-0.15, -0.1) is 0 Å². The average Bonchev–Trinajstić information content (AvgIpc) is 2.45. The number of aromatic nitrogens is 1. The molecule has 2 unspecified atom stereocenters. The zero-order valence-corrected chi connectivity index (χ0v) is 11.5. The van der Waals surface area contributed by atoms with Gasteiger partial charge in [0.2, 0.25) is 0 Å². The Morgan fingerprint density at radius 2 is 1.95 bits per heavy atom. The van der Waals surface area contributed by atoms with Crippen LogP contribution in [0.4, 0.5) is 4.39 Å². The van der Waals surface area contributed by atoms with E-state index in [2.05, 4.69) is 17.2 Å². The fourth-order valence-corrected chi connectivity index (χ4v) is 2.40. The molecule has 2 aromatic rings. The highest BCUT2D eigenvalue weighted by Gasteiger charge is 2.23. The highest BCUT2D eigenvalue weighted by Crippen LogP contribution is 2.31. The predicted molar refractivity (Wildman–Crippen MR) is 75.6 cm³/mol. The Kier molecular flexibility index (Phi) is 4.27. The molecule has 0 spiro atoms. The molecule has 0 amide bonds. The van der Waals surface area contributed by atoms with Gasteiger partial charge < -0.3 is 5.32 Å². The van der Waals surface area contributed by atoms with Gasteiger partial charge in [0.05, 0.1) is 0 Å². The summed E-state index contributed by atoms with van der Waals surface area (Å²) >= 11 is 0. The molecular formula is C16H19FN2. The molecule has 0 bridgehead atoms. The van der Waals surface area contributed by atoms with E-state index < -0.39 is 0 Å². The molecule has 2 nitrogen and oxygen atoms in total. The van der Waals surface area contributed by atoms with Gasteiger partial charge >= 0.3 is 0 Å². The summed E-state index contributed by atoms with van der Waals surface area (Å²) in [5, 5.41) is 3.20. The van der Waals surface area contributed by atoms with E-state index in [0.29, 0.717) is 11.1 Å². The van der Waals surface area contributed by atoms with Crippen LogP contribution in [0.5, 0.6) is 0 Å². The number of halogens is 1. The van der Waals surface area contributed by atoms with Crippen LogP contribution < -0.4 is 5.32 Å². The van der Waals surface area contributed by atoms with Crippen molar-refractivity contribution in [2.45, 2.75) is 25.8 Å². The maximum atomic E-state index is 14.3. The summed E-state index contributed by atoms with van der Waals surface area (Å²) in [5.41, 5.74) is 2.33. The molecular weight excluding hydrogens is 239 g/mol. The van der Waals surface area contributed by atoms with Crippen molar-refractivity contribution < 1.29 is 4.39 Å². The number of nitrogens with zero attached hydrogens (tertiary/aromatic N) is 1. The molecule has 100 valence electrons. The van der Waals surface area contributed by atoms with Gasteiger partial charge in [0, 0.05) is 29.4 Å². The van der Waals surface area contributed by atoms with Gasteiger partial charge in [0.1, 0.15) is 5.82 Å². The van der Waals surface area contributed by atoms with E-state index in [0.717, 1.165) is 5.69 Å². The van der Waals surface area contributed by atoms with Gasteiger partial charge in [-0.1, -0.05) is 31.2 Å². The normalized spacial score (nSPS) is 14.1. The maximum Gasteiger partial charge on any atom is 0.130 e. The highest BCUT2D eigenvalue weighted by molar-refractivity contribution is 5.30. The van der Waals surface area contributed by atoms with Crippen LogP contribution in [0.1, 0.15) is 35.7 Å². The van der Waals surface area contributed by atoms with Crippen molar-refractivity contribution in [3.63, 3.8) is 0 Å². The topological polar surface area (TPSA) is 24.9 Å². The van der Waals surface area contributed by atoms with E-state index in [9.17, 15) is 4.39 Å². The molecule has 0 aliphatic carbocycles. The second-order valence-corrected chi connectivity index (χ2v) is 4.79. The maximum absolute atomic E-state index is 14.3. The lowest BCUT2D eigenvalue weighted by Gasteiger charge is -2.24. The molecule has 2 rings (SSSR count). The standard InChI is InChI=1S/C16H19FN2/c1-11-7-6-8-13(15(11)17)16(18-3)12(2)14-9-4-5-10-19-14/h4-10,12,16,18H,1-3H3. The molecule has 0 aliphatic heterocycles. The van der Waals surface area contributed by atoms with Gasteiger partial charge in [0.15, 0.2) is 0 Å². The van der Waals surface area contributed by atoms with E-state index in [1.54, 1.807) is 19.2 Å². The third-order valence-electron chi connectivity index (χ3n) is 3.52. The number of rotatable bonds is 4. The molecule has 3 heteroatoms. The molecule has 1 heterocycles. The van der Waals surface area contributed by atoms with Crippen LogP contribution in [0.3, 0.4) is 0 Å². The van der Waals surface area contributed by atoms with E-state index in [1.807, 2.05) is 37.4 Å². The van der Waals surface area contributed by atoms with Crippen molar-refractivity contribution in [2.24, 2.45) is 0 Å². The van der Waals surface area contributed by atoms with Crippen LogP contribution in [-0.2, 0) is 0 Å². The first kappa shape index (κ1) is 13.7. The predicted octanol–water partition coefficient (Wildman–Crippen LogP) is 3.59. The Morgan fingerprint density at radius 1 is 1.16 bits per heavy atom. The van der Waals surface area contributed by atoms with Gasteiger partial charge in [-0.05, 0) is 31.7 Å². The number of benzene rings is 1. The molecule has 0 fully saturated rings. The Labute approximate surface area is 113 Å². The Balaban J connectivity index is 2.37. The highest BCUT2D eigenvalue weighted by atomic mass is 19.1. The van der Waals surface area contributed by atoms with Crippen LogP contribution >= 0.6 is 0 Å². The van der Waals surface area contributed by atoms with Crippen LogP contribution in [0.25, 0.3) is 0 Å². The Hall–Kier alpha value is -1.74. The summed E-state index contributed by atoms with van der Waals surface area (Å²) in [6.07, 6.45) is 1.77. The fraction of sp³-hybridized carbons (Fsp3) is 0.312. The lowest BCUT2D eigenvalue weighted by Crippen LogP contribution is -2.24. The Bertz CT molecular complexity index is 540. The number of pyridine rings is 1. The van der Waals surface area contributed by atoms with Gasteiger partial charge in [-0.2, -0.15) is 0 Å². The van der Waals surface area contributed by atoms with Crippen LogP contribution in [0.2, 0.25) is 0 Å². The second kappa shape index (κ2) is 5.93. The monoisotopic (exact) mass is 258 g/mol. The van der Waals surface area contributed by atoms with Crippen LogP contribution in [-0.4, -0.2) is 12.0 Å². The smallest absolute Gasteiger partial charge is 0.130 e. The summed E-state index contributed by atoms with van der Waals surface area (Å²) < 4.78 is 14.3. The Morgan fingerprint density at radius 3 is 2.58 bits per heavy atom. The second-order valence-electron chi connectivity index (χ2n) is 4.79. The summed E-state index contributed by atoms with van der Waals surface area (Å²) in [7, 11) is 1.85. The van der Waals surface area contributed by atoms with Crippen molar-refractivity contribution >= 4 is 0 Å². The van der Waals surface area contributed by atoms with Crippen molar-refractivity contribution in [2.75, 3.05) is 7.05 Å². The van der Waals surface area contributed by atoms with Gasteiger partial charge in [-0.3, -0.25) is 4.98 Å². The molecule has 0 radical (unpaired) electrons. The molecule has 2 atom stereocenters. The quantitative estimate of drug-likeness (QED) is 0.906. The van der Waals surface area contributed by atoms with Crippen molar-refractivity contribution in [3.05, 3.63) is 65.2 Å². The molecule has 0 saturated heterocycles. The SMILES string of the molecule is CNC(c1cccc(C)c1F)C(C)c1ccccn1. The molecule has 0 saturated carbocycles. The van der Waals surface area contributed by atoms with Crippen LogP contribution in [0, 0.1) is 12.7 Å². The fourth-order valence-electron chi connectivity index (χ4n) is 2.40. The summed E-state index contributed by atoms with van der Waals surface area (Å²) in [4.78, 5) is 4.36. The summed E-state index contributed by atoms with van der Waals surface area (Å²) in [6.45, 7) is 3.85. The molecule has 19 heavy (non-hydrogen) atoms. The van der Waals surface area contributed by atoms with Crippen molar-refractivity contribution in [1.82, 2.24) is 10.3 Å². The van der Waals surface area contributed by atoms with E-state index in [1.165, 1.54) is 0 Å². The summed E-state index contributed by atoms with van der Waals surface area (Å²) in [6, 6.07) is 11.2. The number of hydrogen-bond donors (Lipinski definition) is 1. The average molecular weight is 258 g/mol. The minimum atomic E-state index is -0.135. The number of hydrogen-bond acceptors (Lipinski definition) is 2. The van der Waals surface area contributed by atoms with E-state index in [4.69, 9.17) is 0 Å². The molecule has 0 aliphatic rings. The van der Waals surface area contributed by atoms with Gasteiger partial charge in [0.25, 0.3) is 0 Å². The molecule has 1 N–H and O–H groups in total. The largest absolute Gasteiger partial charge is 0.312 e. The molecule has 1 aromatic carbocycles. The number of likely N-dealkylation sites (N-methyl/N-ethyl adjacent to an activating group) is 1. The first-order chi connectivity index (χ1) is 9.15. The molecule has 1 aromatic heterocycles. The number of nitrogens with one attached hydrogen (secondary N) is 1. The first-order valence-corrected chi connectivity index (χ1v) is 6.48. The summed E-state index contributed by atoms with van der Waals surface area (Å²) in [5.74, 6) is -0.0351. The van der Waals surface area contributed by atoms with Crippen LogP contribution in [0.15, 0.2) is 42.6 Å². The van der Waals surface area contributed by atoms with E-state index >= 15 is 0 Å². The lowest BCUT2D eigenvalue weighted by atomic mass is 9.90. The van der Waals surface area contributed by atoms with E-state index in [-0.39, 0.29) is 17.8 Å². The zero-order valence-electron chi connectivity index (χ0n) is 11.5. The number of aryl methyl sites for hydroxylation is 1. The van der Waals surface area contributed by atoms with Crippen molar-refractivity contribution in [3.8, 4) is 0 Å². The minimum absolute atomic E-state index is 0.0881. The minimum Gasteiger partial charge on any atom is -0.312 e. The van der Waals surface area contributed by atoms with Gasteiger partial charge in [-0.25, -0.2) is 4.39 Å². The van der Waals surface area contributed by atoms with Crippen molar-refractivity contribution in [1.29, 1.82) is 0 Å². The third kappa shape index (κ3) is 2.82. The first-order valence-electron chi connectivity index (χ1n) is 6.48. The zero-order chi connectivity index (χ0) is 13.8.